The quantitative estimate of drug-likeness (QED) is 0.650. The minimum absolute atomic E-state index is 0.0274. The molecule has 1 amide bonds. The number of piperidine rings is 1. The number of amides is 1. The molecule has 0 saturated carbocycles. The van der Waals surface area contributed by atoms with E-state index in [-0.39, 0.29) is 5.91 Å². The van der Waals surface area contributed by atoms with Gasteiger partial charge in [-0.3, -0.25) is 4.79 Å². The average molecular weight is 356 g/mol. The van der Waals surface area contributed by atoms with Gasteiger partial charge in [0.1, 0.15) is 17.2 Å². The van der Waals surface area contributed by atoms with Crippen LogP contribution >= 0.6 is 11.8 Å². The number of aromatic nitrogens is 2. The van der Waals surface area contributed by atoms with Crippen molar-refractivity contribution in [1.82, 2.24) is 9.97 Å². The van der Waals surface area contributed by atoms with Crippen LogP contribution in [0.15, 0.2) is 41.7 Å². The summed E-state index contributed by atoms with van der Waals surface area (Å²) in [5.41, 5.74) is 1.99. The second-order valence-corrected chi connectivity index (χ2v) is 7.45. The molecule has 6 heteroatoms. The van der Waals surface area contributed by atoms with Gasteiger partial charge < -0.3 is 10.2 Å². The third-order valence-corrected chi connectivity index (χ3v) is 5.34. The van der Waals surface area contributed by atoms with Gasteiger partial charge in [0.15, 0.2) is 0 Å². The Bertz CT molecular complexity index is 720. The largest absolute Gasteiger partial charge is 0.354 e. The lowest BCUT2D eigenvalue weighted by atomic mass is 10.0. The van der Waals surface area contributed by atoms with Crippen molar-refractivity contribution in [3.05, 3.63) is 42.2 Å². The highest BCUT2D eigenvalue weighted by Gasteiger charge is 2.20. The molecule has 5 nitrogen and oxygen atoms in total. The van der Waals surface area contributed by atoms with Gasteiger partial charge in [-0.25, -0.2) is 9.97 Å². The maximum absolute atomic E-state index is 12.1. The first-order chi connectivity index (χ1) is 12.1. The summed E-state index contributed by atoms with van der Waals surface area (Å²) in [5, 5.41) is 3.75. The Hall–Kier alpha value is -2.08. The monoisotopic (exact) mass is 356 g/mol. The van der Waals surface area contributed by atoms with Crippen LogP contribution in [-0.2, 0) is 4.79 Å². The van der Waals surface area contributed by atoms with Crippen LogP contribution in [0.5, 0.6) is 0 Å². The van der Waals surface area contributed by atoms with Crippen LogP contribution in [0.25, 0.3) is 0 Å². The predicted molar refractivity (Wildman–Crippen MR) is 103 cm³/mol. The zero-order valence-electron chi connectivity index (χ0n) is 14.7. The van der Waals surface area contributed by atoms with Crippen LogP contribution in [0.2, 0.25) is 0 Å². The number of hydrogen-bond acceptors (Lipinski definition) is 5. The van der Waals surface area contributed by atoms with Crippen LogP contribution in [0.1, 0.15) is 31.7 Å². The van der Waals surface area contributed by atoms with Gasteiger partial charge in [-0.15, -0.1) is 0 Å². The number of thioether (sulfide) groups is 1. The maximum atomic E-state index is 12.1. The van der Waals surface area contributed by atoms with E-state index in [1.54, 1.807) is 6.33 Å². The first-order valence-electron chi connectivity index (χ1n) is 8.70. The van der Waals surface area contributed by atoms with E-state index in [0.29, 0.717) is 11.8 Å². The fraction of sp³-hybridized carbons (Fsp3) is 0.421. The molecule has 0 spiro atoms. The van der Waals surface area contributed by atoms with Crippen molar-refractivity contribution in [2.75, 3.05) is 22.5 Å². The van der Waals surface area contributed by atoms with Gasteiger partial charge in [-0.2, -0.15) is 0 Å². The van der Waals surface area contributed by atoms with E-state index in [1.807, 2.05) is 37.3 Å². The predicted octanol–water partition coefficient (Wildman–Crippen LogP) is 3.89. The van der Waals surface area contributed by atoms with Crippen LogP contribution in [0.3, 0.4) is 0 Å². The molecule has 2 heterocycles. The molecule has 2 aromatic rings. The van der Waals surface area contributed by atoms with E-state index in [1.165, 1.54) is 36.6 Å². The molecule has 25 heavy (non-hydrogen) atoms. The minimum atomic E-state index is -0.0274. The van der Waals surface area contributed by atoms with Gasteiger partial charge in [0.2, 0.25) is 5.91 Å². The Balaban J connectivity index is 1.56. The number of benzene rings is 1. The van der Waals surface area contributed by atoms with Crippen LogP contribution in [-0.4, -0.2) is 34.2 Å². The molecule has 3 rings (SSSR count). The fourth-order valence-electron chi connectivity index (χ4n) is 2.98. The smallest absolute Gasteiger partial charge is 0.234 e. The molecular weight excluding hydrogens is 332 g/mol. The molecule has 1 saturated heterocycles. The average Bonchev–Trinajstić information content (AvgIpc) is 2.63. The van der Waals surface area contributed by atoms with Crippen LogP contribution in [0, 0.1) is 6.92 Å². The number of nitrogens with one attached hydrogen (secondary N) is 1. The first-order valence-corrected chi connectivity index (χ1v) is 9.68. The number of carbonyl (C=O) groups excluding carboxylic acids is 1. The number of hydrogen-bond donors (Lipinski definition) is 1. The molecule has 0 radical (unpaired) electrons. The maximum Gasteiger partial charge on any atom is 0.234 e. The molecule has 1 fully saturated rings. The molecule has 0 aliphatic carbocycles. The van der Waals surface area contributed by atoms with Crippen LogP contribution in [0.4, 0.5) is 11.5 Å². The SMILES string of the molecule is Cc1ccc(NC(=O)CSc2cc(N3CCCC[C@H]3C)ncn2)cc1. The summed E-state index contributed by atoms with van der Waals surface area (Å²) >= 11 is 1.44. The standard InChI is InChI=1S/C19H24N4OS/c1-14-6-8-16(9-7-14)22-18(24)12-25-19-11-17(20-13-21-19)23-10-4-3-5-15(23)2/h6-9,11,13,15H,3-5,10,12H2,1-2H3,(H,22,24)/t15-/m1/s1. The zero-order chi connectivity index (χ0) is 17.6. The number of nitrogens with zero attached hydrogens (tertiary/aromatic N) is 3. The second kappa shape index (κ2) is 8.34. The lowest BCUT2D eigenvalue weighted by Gasteiger charge is -2.34. The zero-order valence-corrected chi connectivity index (χ0v) is 15.6. The molecule has 1 N–H and O–H groups in total. The molecule has 1 aliphatic heterocycles. The third kappa shape index (κ3) is 4.95. The van der Waals surface area contributed by atoms with Crippen molar-refractivity contribution in [3.8, 4) is 0 Å². The van der Waals surface area contributed by atoms with Gasteiger partial charge in [0.05, 0.1) is 5.75 Å². The second-order valence-electron chi connectivity index (χ2n) is 6.46. The van der Waals surface area contributed by atoms with Crippen molar-refractivity contribution in [1.29, 1.82) is 0 Å². The van der Waals surface area contributed by atoms with E-state index >= 15 is 0 Å². The van der Waals surface area contributed by atoms with Gasteiger partial charge in [0, 0.05) is 24.3 Å². The van der Waals surface area contributed by atoms with Gasteiger partial charge in [0.25, 0.3) is 0 Å². The molecule has 1 aromatic carbocycles. The molecular formula is C19H24N4OS. The van der Waals surface area contributed by atoms with Crippen molar-refractivity contribution >= 4 is 29.2 Å². The normalized spacial score (nSPS) is 17.4. The number of rotatable bonds is 5. The Labute approximate surface area is 153 Å². The Morgan fingerprint density at radius 3 is 2.84 bits per heavy atom. The van der Waals surface area contributed by atoms with Crippen molar-refractivity contribution in [2.24, 2.45) is 0 Å². The van der Waals surface area contributed by atoms with E-state index in [0.717, 1.165) is 23.1 Å². The number of carbonyl (C=O) groups is 1. The molecule has 1 aliphatic rings. The van der Waals surface area contributed by atoms with Crippen LogP contribution < -0.4 is 10.2 Å². The minimum Gasteiger partial charge on any atom is -0.354 e. The molecule has 1 aromatic heterocycles. The van der Waals surface area contributed by atoms with E-state index in [9.17, 15) is 4.79 Å². The Morgan fingerprint density at radius 2 is 2.08 bits per heavy atom. The molecule has 0 bridgehead atoms. The summed E-state index contributed by atoms with van der Waals surface area (Å²) in [6.07, 6.45) is 5.28. The molecule has 132 valence electrons. The Kier molecular flexibility index (Phi) is 5.91. The summed E-state index contributed by atoms with van der Waals surface area (Å²) in [6, 6.07) is 10.3. The van der Waals surface area contributed by atoms with Crippen molar-refractivity contribution in [3.63, 3.8) is 0 Å². The lowest BCUT2D eigenvalue weighted by molar-refractivity contribution is -0.113. The van der Waals surface area contributed by atoms with Gasteiger partial charge in [-0.1, -0.05) is 29.5 Å². The highest BCUT2D eigenvalue weighted by Crippen LogP contribution is 2.25. The molecule has 1 atom stereocenters. The lowest BCUT2D eigenvalue weighted by Crippen LogP contribution is -2.38. The number of anilines is 2. The van der Waals surface area contributed by atoms with E-state index < -0.39 is 0 Å². The van der Waals surface area contributed by atoms with E-state index in [2.05, 4.69) is 27.1 Å². The number of aryl methyl sites for hydroxylation is 1. The summed E-state index contributed by atoms with van der Waals surface area (Å²) in [7, 11) is 0. The third-order valence-electron chi connectivity index (χ3n) is 4.41. The fourth-order valence-corrected chi connectivity index (χ4v) is 3.64. The summed E-state index contributed by atoms with van der Waals surface area (Å²) < 4.78 is 0. The van der Waals surface area contributed by atoms with Crippen molar-refractivity contribution < 1.29 is 4.79 Å². The Morgan fingerprint density at radius 1 is 1.28 bits per heavy atom. The summed E-state index contributed by atoms with van der Waals surface area (Å²) in [4.78, 5) is 23.2. The highest BCUT2D eigenvalue weighted by molar-refractivity contribution is 7.99. The van der Waals surface area contributed by atoms with Gasteiger partial charge in [-0.05, 0) is 45.2 Å². The van der Waals surface area contributed by atoms with Crippen molar-refractivity contribution in [2.45, 2.75) is 44.2 Å². The molecule has 0 unspecified atom stereocenters. The highest BCUT2D eigenvalue weighted by atomic mass is 32.2. The summed E-state index contributed by atoms with van der Waals surface area (Å²) in [6.45, 7) is 5.30. The first kappa shape index (κ1) is 17.7. The van der Waals surface area contributed by atoms with E-state index in [4.69, 9.17) is 0 Å². The van der Waals surface area contributed by atoms with Gasteiger partial charge >= 0.3 is 0 Å². The summed E-state index contributed by atoms with van der Waals surface area (Å²) in [5.74, 6) is 1.27. The topological polar surface area (TPSA) is 58.1 Å².